The second-order valence-corrected chi connectivity index (χ2v) is 4.74. The van der Waals surface area contributed by atoms with E-state index < -0.39 is 17.5 Å². The van der Waals surface area contributed by atoms with Gasteiger partial charge in [0.15, 0.2) is 0 Å². The van der Waals surface area contributed by atoms with Crippen molar-refractivity contribution < 1.29 is 18.3 Å². The Labute approximate surface area is 120 Å². The molecule has 1 saturated heterocycles. The van der Waals surface area contributed by atoms with Gasteiger partial charge in [0.05, 0.1) is 18.7 Å². The van der Waals surface area contributed by atoms with Gasteiger partial charge in [-0.05, 0) is 18.2 Å². The average molecular weight is 290 g/mol. The molecule has 1 amide bonds. The van der Waals surface area contributed by atoms with Gasteiger partial charge in [-0.25, -0.2) is 13.8 Å². The van der Waals surface area contributed by atoms with E-state index in [1.807, 2.05) is 0 Å². The van der Waals surface area contributed by atoms with Crippen molar-refractivity contribution in [3.63, 3.8) is 0 Å². The van der Waals surface area contributed by atoms with Crippen LogP contribution in [0.1, 0.15) is 10.4 Å². The molecule has 0 spiro atoms. The van der Waals surface area contributed by atoms with Crippen molar-refractivity contribution in [3.05, 3.63) is 59.8 Å². The summed E-state index contributed by atoms with van der Waals surface area (Å²) in [6.07, 6.45) is 1.46. The molecular weight excluding hydrogens is 278 g/mol. The zero-order valence-corrected chi connectivity index (χ0v) is 11.0. The summed E-state index contributed by atoms with van der Waals surface area (Å²) in [5, 5.41) is 0. The third-order valence-corrected chi connectivity index (χ3v) is 3.22. The van der Waals surface area contributed by atoms with Gasteiger partial charge < -0.3 is 9.64 Å². The lowest BCUT2D eigenvalue weighted by molar-refractivity contribution is 0.0156. The number of carbonyl (C=O) groups is 1. The van der Waals surface area contributed by atoms with Crippen LogP contribution in [-0.4, -0.2) is 35.0 Å². The van der Waals surface area contributed by atoms with Gasteiger partial charge in [-0.2, -0.15) is 0 Å². The van der Waals surface area contributed by atoms with E-state index in [9.17, 15) is 13.6 Å². The van der Waals surface area contributed by atoms with E-state index in [4.69, 9.17) is 4.74 Å². The lowest BCUT2D eigenvalue weighted by Crippen LogP contribution is -2.56. The lowest BCUT2D eigenvalue weighted by Gasteiger charge is -2.38. The van der Waals surface area contributed by atoms with E-state index in [-0.39, 0.29) is 11.7 Å². The van der Waals surface area contributed by atoms with Gasteiger partial charge in [0.1, 0.15) is 17.7 Å². The smallest absolute Gasteiger partial charge is 0.257 e. The highest BCUT2D eigenvalue weighted by Gasteiger charge is 2.34. The fraction of sp³-hybridized carbons (Fsp3) is 0.200. The van der Waals surface area contributed by atoms with Crippen LogP contribution in [0.5, 0.6) is 5.88 Å². The Morgan fingerprint density at radius 2 is 2.05 bits per heavy atom. The molecule has 21 heavy (non-hydrogen) atoms. The van der Waals surface area contributed by atoms with Crippen molar-refractivity contribution in [1.29, 1.82) is 0 Å². The number of rotatable bonds is 3. The van der Waals surface area contributed by atoms with Crippen LogP contribution >= 0.6 is 0 Å². The second kappa shape index (κ2) is 5.47. The molecule has 0 saturated carbocycles. The SMILES string of the molecule is O=C(c1ccc(F)cc1F)N1CC(Oc2ccccn2)C1. The summed E-state index contributed by atoms with van der Waals surface area (Å²) in [6.45, 7) is 0.707. The highest BCUT2D eigenvalue weighted by Crippen LogP contribution is 2.20. The summed E-state index contributed by atoms with van der Waals surface area (Å²) in [6, 6.07) is 8.23. The van der Waals surface area contributed by atoms with Crippen molar-refractivity contribution in [3.8, 4) is 5.88 Å². The van der Waals surface area contributed by atoms with Crippen LogP contribution in [0, 0.1) is 11.6 Å². The molecule has 0 unspecified atom stereocenters. The minimum absolute atomic E-state index is 0.132. The maximum atomic E-state index is 13.5. The standard InChI is InChI=1S/C15H12F2N2O2/c16-10-4-5-12(13(17)7-10)15(20)19-8-11(9-19)21-14-3-1-2-6-18-14/h1-7,11H,8-9H2. The number of pyridine rings is 1. The molecule has 1 fully saturated rings. The zero-order chi connectivity index (χ0) is 14.8. The Kier molecular flexibility index (Phi) is 3.51. The summed E-state index contributed by atoms with van der Waals surface area (Å²) < 4.78 is 31.9. The number of benzene rings is 1. The normalized spacial score (nSPS) is 14.7. The molecule has 2 heterocycles. The van der Waals surface area contributed by atoms with Gasteiger partial charge in [-0.3, -0.25) is 4.79 Å². The monoisotopic (exact) mass is 290 g/mol. The summed E-state index contributed by atoms with van der Waals surface area (Å²) in [7, 11) is 0. The highest BCUT2D eigenvalue weighted by molar-refractivity contribution is 5.95. The van der Waals surface area contributed by atoms with Crippen LogP contribution in [0.25, 0.3) is 0 Å². The van der Waals surface area contributed by atoms with Crippen LogP contribution in [-0.2, 0) is 0 Å². The molecular formula is C15H12F2N2O2. The second-order valence-electron chi connectivity index (χ2n) is 4.74. The third-order valence-electron chi connectivity index (χ3n) is 3.22. The van der Waals surface area contributed by atoms with Crippen molar-refractivity contribution in [1.82, 2.24) is 9.88 Å². The van der Waals surface area contributed by atoms with E-state index >= 15 is 0 Å². The van der Waals surface area contributed by atoms with Crippen LogP contribution in [0.2, 0.25) is 0 Å². The molecule has 6 heteroatoms. The maximum Gasteiger partial charge on any atom is 0.257 e. The van der Waals surface area contributed by atoms with Gasteiger partial charge in [0.25, 0.3) is 5.91 Å². The largest absolute Gasteiger partial charge is 0.471 e. The zero-order valence-electron chi connectivity index (χ0n) is 11.0. The Bertz CT molecular complexity index is 658. The first-order valence-corrected chi connectivity index (χ1v) is 6.45. The Morgan fingerprint density at radius 3 is 2.71 bits per heavy atom. The molecule has 2 aromatic rings. The number of ether oxygens (including phenoxy) is 1. The Morgan fingerprint density at radius 1 is 1.24 bits per heavy atom. The molecule has 1 aliphatic heterocycles. The number of nitrogens with zero attached hydrogens (tertiary/aromatic N) is 2. The Hall–Kier alpha value is -2.50. The molecule has 1 aromatic carbocycles. The molecule has 3 rings (SSSR count). The molecule has 1 aromatic heterocycles. The molecule has 108 valence electrons. The van der Waals surface area contributed by atoms with Gasteiger partial charge in [0, 0.05) is 18.3 Å². The quantitative estimate of drug-likeness (QED) is 0.871. The minimum Gasteiger partial charge on any atom is -0.471 e. The van der Waals surface area contributed by atoms with E-state index in [1.165, 1.54) is 4.90 Å². The first-order chi connectivity index (χ1) is 10.1. The first kappa shape index (κ1) is 13.5. The van der Waals surface area contributed by atoms with Crippen molar-refractivity contribution in [2.45, 2.75) is 6.10 Å². The summed E-state index contributed by atoms with van der Waals surface area (Å²) in [5.41, 5.74) is -0.132. The van der Waals surface area contributed by atoms with Crippen molar-refractivity contribution in [2.75, 3.05) is 13.1 Å². The highest BCUT2D eigenvalue weighted by atomic mass is 19.1. The Balaban J connectivity index is 1.59. The molecule has 1 aliphatic rings. The molecule has 0 N–H and O–H groups in total. The van der Waals surface area contributed by atoms with Gasteiger partial charge in [-0.1, -0.05) is 6.07 Å². The predicted octanol–water partition coefficient (Wildman–Crippen LogP) is 2.26. The van der Waals surface area contributed by atoms with Crippen LogP contribution in [0.15, 0.2) is 42.6 Å². The fourth-order valence-electron chi connectivity index (χ4n) is 2.10. The van der Waals surface area contributed by atoms with Crippen molar-refractivity contribution >= 4 is 5.91 Å². The van der Waals surface area contributed by atoms with Crippen molar-refractivity contribution in [2.24, 2.45) is 0 Å². The van der Waals surface area contributed by atoms with Crippen LogP contribution < -0.4 is 4.74 Å². The van der Waals surface area contributed by atoms with E-state index in [0.717, 1.165) is 12.1 Å². The predicted molar refractivity (Wildman–Crippen MR) is 70.9 cm³/mol. The summed E-state index contributed by atoms with van der Waals surface area (Å²) in [4.78, 5) is 17.5. The maximum absolute atomic E-state index is 13.5. The topological polar surface area (TPSA) is 42.4 Å². The van der Waals surface area contributed by atoms with Crippen LogP contribution in [0.3, 0.4) is 0 Å². The number of likely N-dealkylation sites (tertiary alicyclic amines) is 1. The lowest BCUT2D eigenvalue weighted by atomic mass is 10.1. The van der Waals surface area contributed by atoms with E-state index in [0.29, 0.717) is 25.0 Å². The van der Waals surface area contributed by atoms with Gasteiger partial charge in [0.2, 0.25) is 5.88 Å². The van der Waals surface area contributed by atoms with Gasteiger partial charge >= 0.3 is 0 Å². The number of aromatic nitrogens is 1. The summed E-state index contributed by atoms with van der Waals surface area (Å²) >= 11 is 0. The van der Waals surface area contributed by atoms with E-state index in [1.54, 1.807) is 24.4 Å². The van der Waals surface area contributed by atoms with Gasteiger partial charge in [-0.15, -0.1) is 0 Å². The molecule has 0 bridgehead atoms. The molecule has 0 aliphatic carbocycles. The number of halogens is 2. The summed E-state index contributed by atoms with van der Waals surface area (Å²) in [5.74, 6) is -1.53. The number of carbonyl (C=O) groups excluding carboxylic acids is 1. The molecule has 0 radical (unpaired) electrons. The van der Waals surface area contributed by atoms with Crippen LogP contribution in [0.4, 0.5) is 8.78 Å². The molecule has 4 nitrogen and oxygen atoms in total. The average Bonchev–Trinajstić information content (AvgIpc) is 2.43. The number of amides is 1. The third kappa shape index (κ3) is 2.84. The molecule has 0 atom stereocenters. The fourth-order valence-corrected chi connectivity index (χ4v) is 2.10. The first-order valence-electron chi connectivity index (χ1n) is 6.45. The van der Waals surface area contributed by atoms with E-state index in [2.05, 4.69) is 4.98 Å². The number of hydrogen-bond acceptors (Lipinski definition) is 3. The minimum atomic E-state index is -0.853. The number of hydrogen-bond donors (Lipinski definition) is 0.